The van der Waals surface area contributed by atoms with Crippen molar-refractivity contribution in [2.45, 2.75) is 42.1 Å². The van der Waals surface area contributed by atoms with Crippen LogP contribution in [0.1, 0.15) is 26.2 Å². The van der Waals surface area contributed by atoms with E-state index in [9.17, 15) is 4.79 Å². The predicted octanol–water partition coefficient (Wildman–Crippen LogP) is 0.955. The smallest absolute Gasteiger partial charge is 0.237 e. The van der Waals surface area contributed by atoms with Gasteiger partial charge in [-0.3, -0.25) is 4.79 Å². The number of rotatable bonds is 5. The zero-order valence-electron chi connectivity index (χ0n) is 10.4. The number of nitrogens with zero attached hydrogens (tertiary/aromatic N) is 2. The second-order valence-corrected chi connectivity index (χ2v) is 5.76. The lowest BCUT2D eigenvalue weighted by molar-refractivity contribution is -0.124. The highest BCUT2D eigenvalue weighted by Crippen LogP contribution is 2.38. The van der Waals surface area contributed by atoms with Gasteiger partial charge in [0, 0.05) is 17.6 Å². The van der Waals surface area contributed by atoms with Crippen LogP contribution < -0.4 is 11.1 Å². The first-order valence-corrected chi connectivity index (χ1v) is 7.03. The molecule has 1 aliphatic carbocycles. The molecule has 98 valence electrons. The molecule has 1 aromatic rings. The number of nitrogens with one attached hydrogen (secondary N) is 1. The van der Waals surface area contributed by atoms with Crippen molar-refractivity contribution in [2.24, 2.45) is 5.73 Å². The van der Waals surface area contributed by atoms with Gasteiger partial charge in [-0.2, -0.15) is 0 Å². The number of carbonyl (C=O) groups is 1. The van der Waals surface area contributed by atoms with Crippen LogP contribution in [0.4, 0.5) is 0 Å². The summed E-state index contributed by atoms with van der Waals surface area (Å²) in [6.45, 7) is 2.74. The topological polar surface area (TPSA) is 80.9 Å². The molecule has 0 saturated heterocycles. The summed E-state index contributed by atoms with van der Waals surface area (Å²) < 4.78 is 0. The van der Waals surface area contributed by atoms with Crippen LogP contribution >= 0.6 is 11.8 Å². The average molecular weight is 266 g/mol. The Morgan fingerprint density at radius 2 is 2.33 bits per heavy atom. The standard InChI is InChI=1S/C12H18N4OS/c1-2-16-12(10(13)17)5-4-9(8-12)18-11-14-6-3-7-15-11/h3,6-7,9,16H,2,4-5,8H2,1H3,(H2,13,17). The van der Waals surface area contributed by atoms with Gasteiger partial charge < -0.3 is 11.1 Å². The quantitative estimate of drug-likeness (QED) is 0.776. The second-order valence-electron chi connectivity index (χ2n) is 4.49. The van der Waals surface area contributed by atoms with Crippen LogP contribution in [-0.4, -0.2) is 33.2 Å². The zero-order valence-corrected chi connectivity index (χ0v) is 11.2. The van der Waals surface area contributed by atoms with Gasteiger partial charge >= 0.3 is 0 Å². The van der Waals surface area contributed by atoms with Crippen LogP contribution in [0.15, 0.2) is 23.6 Å². The molecule has 0 aliphatic heterocycles. The summed E-state index contributed by atoms with van der Waals surface area (Å²) in [6, 6.07) is 1.80. The third-order valence-electron chi connectivity index (χ3n) is 3.27. The summed E-state index contributed by atoms with van der Waals surface area (Å²) in [5.74, 6) is -0.249. The Kier molecular flexibility index (Phi) is 4.19. The van der Waals surface area contributed by atoms with Gasteiger partial charge in [0.05, 0.1) is 5.54 Å². The molecular formula is C12H18N4OS. The zero-order chi connectivity index (χ0) is 13.0. The largest absolute Gasteiger partial charge is 0.368 e. The number of aromatic nitrogens is 2. The van der Waals surface area contributed by atoms with Crippen molar-refractivity contribution >= 4 is 17.7 Å². The van der Waals surface area contributed by atoms with Crippen molar-refractivity contribution < 1.29 is 4.79 Å². The molecule has 3 N–H and O–H groups in total. The van der Waals surface area contributed by atoms with Crippen molar-refractivity contribution in [2.75, 3.05) is 6.54 Å². The summed E-state index contributed by atoms with van der Waals surface area (Å²) in [5.41, 5.74) is 4.99. The maximum Gasteiger partial charge on any atom is 0.237 e. The van der Waals surface area contributed by atoms with E-state index in [0.717, 1.165) is 31.0 Å². The fourth-order valence-corrected chi connectivity index (χ4v) is 3.55. The van der Waals surface area contributed by atoms with E-state index in [4.69, 9.17) is 5.73 Å². The van der Waals surface area contributed by atoms with E-state index in [2.05, 4.69) is 15.3 Å². The van der Waals surface area contributed by atoms with E-state index in [-0.39, 0.29) is 5.91 Å². The Balaban J connectivity index is 2.01. The third kappa shape index (κ3) is 2.81. The Morgan fingerprint density at radius 1 is 1.61 bits per heavy atom. The number of primary amides is 1. The molecular weight excluding hydrogens is 248 g/mol. The van der Waals surface area contributed by atoms with E-state index in [1.807, 2.05) is 6.92 Å². The van der Waals surface area contributed by atoms with Gasteiger partial charge in [-0.05, 0) is 31.9 Å². The normalized spacial score (nSPS) is 27.3. The summed E-state index contributed by atoms with van der Waals surface area (Å²) in [6.07, 6.45) is 5.96. The van der Waals surface area contributed by atoms with Crippen molar-refractivity contribution in [3.63, 3.8) is 0 Å². The summed E-state index contributed by atoms with van der Waals surface area (Å²) in [7, 11) is 0. The Labute approximate surface area is 111 Å². The van der Waals surface area contributed by atoms with Crippen LogP contribution in [-0.2, 0) is 4.79 Å². The number of amides is 1. The molecule has 0 radical (unpaired) electrons. The fraction of sp³-hybridized carbons (Fsp3) is 0.583. The Bertz CT molecular complexity index is 414. The van der Waals surface area contributed by atoms with Gasteiger partial charge in [-0.25, -0.2) is 9.97 Å². The van der Waals surface area contributed by atoms with Crippen LogP contribution in [0.2, 0.25) is 0 Å². The Morgan fingerprint density at radius 3 is 2.94 bits per heavy atom. The first-order valence-electron chi connectivity index (χ1n) is 6.15. The van der Waals surface area contributed by atoms with Crippen molar-refractivity contribution in [3.8, 4) is 0 Å². The van der Waals surface area contributed by atoms with Crippen molar-refractivity contribution in [3.05, 3.63) is 18.5 Å². The highest BCUT2D eigenvalue weighted by Gasteiger charge is 2.43. The molecule has 2 rings (SSSR count). The lowest BCUT2D eigenvalue weighted by atomic mass is 9.97. The van der Waals surface area contributed by atoms with Gasteiger partial charge in [-0.1, -0.05) is 18.7 Å². The van der Waals surface area contributed by atoms with Gasteiger partial charge in [0.25, 0.3) is 0 Å². The molecule has 5 nitrogen and oxygen atoms in total. The second kappa shape index (κ2) is 5.67. The van der Waals surface area contributed by atoms with Gasteiger partial charge in [0.2, 0.25) is 5.91 Å². The fourth-order valence-electron chi connectivity index (χ4n) is 2.41. The summed E-state index contributed by atoms with van der Waals surface area (Å²) in [5, 5.41) is 4.35. The first kappa shape index (κ1) is 13.3. The maximum absolute atomic E-state index is 11.6. The average Bonchev–Trinajstić information content (AvgIpc) is 2.76. The molecule has 1 aliphatic rings. The van der Waals surface area contributed by atoms with E-state index in [1.54, 1.807) is 30.2 Å². The SMILES string of the molecule is CCNC1(C(N)=O)CCC(Sc2ncccn2)C1. The van der Waals surface area contributed by atoms with Gasteiger partial charge in [0.1, 0.15) is 0 Å². The Hall–Kier alpha value is -1.14. The summed E-state index contributed by atoms with van der Waals surface area (Å²) >= 11 is 1.63. The predicted molar refractivity (Wildman–Crippen MR) is 71.1 cm³/mol. The molecule has 1 heterocycles. The van der Waals surface area contributed by atoms with E-state index in [0.29, 0.717) is 5.25 Å². The molecule has 0 bridgehead atoms. The third-order valence-corrected chi connectivity index (χ3v) is 4.43. The molecule has 0 aromatic carbocycles. The molecule has 18 heavy (non-hydrogen) atoms. The number of carbonyl (C=O) groups excluding carboxylic acids is 1. The number of thioether (sulfide) groups is 1. The number of nitrogens with two attached hydrogens (primary N) is 1. The minimum atomic E-state index is -0.540. The van der Waals surface area contributed by atoms with Gasteiger partial charge in [0.15, 0.2) is 5.16 Å². The molecule has 1 aromatic heterocycles. The van der Waals surface area contributed by atoms with Crippen molar-refractivity contribution in [1.29, 1.82) is 0 Å². The van der Waals surface area contributed by atoms with Crippen LogP contribution in [0.3, 0.4) is 0 Å². The van der Waals surface area contributed by atoms with Crippen LogP contribution in [0.5, 0.6) is 0 Å². The highest BCUT2D eigenvalue weighted by atomic mass is 32.2. The molecule has 1 fully saturated rings. The number of hydrogen-bond donors (Lipinski definition) is 2. The monoisotopic (exact) mass is 266 g/mol. The molecule has 2 atom stereocenters. The van der Waals surface area contributed by atoms with Gasteiger partial charge in [-0.15, -0.1) is 0 Å². The molecule has 1 amide bonds. The molecule has 6 heteroatoms. The summed E-state index contributed by atoms with van der Waals surface area (Å²) in [4.78, 5) is 20.0. The number of hydrogen-bond acceptors (Lipinski definition) is 5. The maximum atomic E-state index is 11.6. The lowest BCUT2D eigenvalue weighted by Gasteiger charge is -2.26. The molecule has 1 saturated carbocycles. The minimum absolute atomic E-state index is 0.249. The number of likely N-dealkylation sites (N-methyl/N-ethyl adjacent to an activating group) is 1. The van der Waals surface area contributed by atoms with Crippen LogP contribution in [0, 0.1) is 0 Å². The first-order chi connectivity index (χ1) is 8.66. The van der Waals surface area contributed by atoms with E-state index >= 15 is 0 Å². The molecule has 2 unspecified atom stereocenters. The highest BCUT2D eigenvalue weighted by molar-refractivity contribution is 7.99. The lowest BCUT2D eigenvalue weighted by Crippen LogP contribution is -2.53. The van der Waals surface area contributed by atoms with Crippen molar-refractivity contribution in [1.82, 2.24) is 15.3 Å². The van der Waals surface area contributed by atoms with E-state index < -0.39 is 5.54 Å². The van der Waals surface area contributed by atoms with Crippen LogP contribution in [0.25, 0.3) is 0 Å². The van der Waals surface area contributed by atoms with E-state index in [1.165, 1.54) is 0 Å². The minimum Gasteiger partial charge on any atom is -0.368 e. The molecule has 0 spiro atoms.